The first kappa shape index (κ1) is 13.2. The Morgan fingerprint density at radius 2 is 2.00 bits per heavy atom. The van der Waals surface area contributed by atoms with Gasteiger partial charge < -0.3 is 15.2 Å². The topological polar surface area (TPSA) is 58.6 Å². The molecule has 0 heterocycles. The number of carbonyl (C=O) groups is 1. The van der Waals surface area contributed by atoms with Crippen LogP contribution in [0.3, 0.4) is 0 Å². The number of hydrogen-bond donors (Lipinski definition) is 2. The molecule has 2 aromatic carbocycles. The molecule has 0 radical (unpaired) electrons. The third-order valence-electron chi connectivity index (χ3n) is 2.56. The zero-order valence-electron chi connectivity index (χ0n) is 10.2. The molecule has 19 heavy (non-hydrogen) atoms. The largest absolute Gasteiger partial charge is 0.507 e. The summed E-state index contributed by atoms with van der Waals surface area (Å²) >= 11 is 5.88. The number of phenolic OH excluding ortho intramolecular Hbond substituents is 1. The number of aromatic hydroxyl groups is 1. The normalized spacial score (nSPS) is 10.0. The van der Waals surface area contributed by atoms with Crippen LogP contribution >= 0.6 is 11.6 Å². The summed E-state index contributed by atoms with van der Waals surface area (Å²) in [7, 11) is 1.50. The van der Waals surface area contributed by atoms with Crippen molar-refractivity contribution in [2.75, 3.05) is 12.4 Å². The van der Waals surface area contributed by atoms with E-state index in [4.69, 9.17) is 16.3 Å². The van der Waals surface area contributed by atoms with E-state index in [-0.39, 0.29) is 11.3 Å². The average molecular weight is 278 g/mol. The maximum Gasteiger partial charge on any atom is 0.259 e. The molecule has 98 valence electrons. The highest BCUT2D eigenvalue weighted by Crippen LogP contribution is 2.28. The molecule has 0 fully saturated rings. The fourth-order valence-corrected chi connectivity index (χ4v) is 1.81. The number of hydrogen-bond acceptors (Lipinski definition) is 3. The first-order valence-corrected chi connectivity index (χ1v) is 5.92. The highest BCUT2D eigenvalue weighted by molar-refractivity contribution is 6.31. The van der Waals surface area contributed by atoms with Crippen molar-refractivity contribution >= 4 is 23.2 Å². The lowest BCUT2D eigenvalue weighted by molar-refractivity contribution is 0.102. The molecule has 4 nitrogen and oxygen atoms in total. The van der Waals surface area contributed by atoms with E-state index in [1.165, 1.54) is 19.2 Å². The minimum Gasteiger partial charge on any atom is -0.507 e. The van der Waals surface area contributed by atoms with Crippen LogP contribution in [0.4, 0.5) is 5.69 Å². The van der Waals surface area contributed by atoms with Gasteiger partial charge in [-0.15, -0.1) is 0 Å². The van der Waals surface area contributed by atoms with Gasteiger partial charge in [0.1, 0.15) is 11.5 Å². The summed E-state index contributed by atoms with van der Waals surface area (Å²) < 4.78 is 5.13. The SMILES string of the molecule is COc1ccc(Cl)cc1NC(=O)c1ccccc1O. The summed E-state index contributed by atoms with van der Waals surface area (Å²) in [6.07, 6.45) is 0. The van der Waals surface area contributed by atoms with Crippen LogP contribution in [-0.2, 0) is 0 Å². The van der Waals surface area contributed by atoms with E-state index in [9.17, 15) is 9.90 Å². The van der Waals surface area contributed by atoms with Gasteiger partial charge in [-0.3, -0.25) is 4.79 Å². The van der Waals surface area contributed by atoms with Crippen molar-refractivity contribution in [3.8, 4) is 11.5 Å². The average Bonchev–Trinajstić information content (AvgIpc) is 2.39. The second-order valence-electron chi connectivity index (χ2n) is 3.82. The standard InChI is InChI=1S/C14H12ClNO3/c1-19-13-7-6-9(15)8-11(13)16-14(18)10-4-2-3-5-12(10)17/h2-8,17H,1H3,(H,16,18). The Balaban J connectivity index is 2.29. The van der Waals surface area contributed by atoms with Crippen molar-refractivity contribution in [2.24, 2.45) is 0 Å². The van der Waals surface area contributed by atoms with Crippen molar-refractivity contribution in [3.63, 3.8) is 0 Å². The third-order valence-corrected chi connectivity index (χ3v) is 2.79. The van der Waals surface area contributed by atoms with Gasteiger partial charge in [-0.2, -0.15) is 0 Å². The molecule has 0 atom stereocenters. The number of benzene rings is 2. The Labute approximate surface area is 115 Å². The Kier molecular flexibility index (Phi) is 3.92. The number of halogens is 1. The monoisotopic (exact) mass is 277 g/mol. The summed E-state index contributed by atoms with van der Waals surface area (Å²) in [5.74, 6) is -0.0205. The fraction of sp³-hybridized carbons (Fsp3) is 0.0714. The molecule has 0 bridgehead atoms. The molecular weight excluding hydrogens is 266 g/mol. The minimum absolute atomic E-state index is 0.0824. The highest BCUT2D eigenvalue weighted by Gasteiger charge is 2.13. The second-order valence-corrected chi connectivity index (χ2v) is 4.25. The van der Waals surface area contributed by atoms with Gasteiger partial charge >= 0.3 is 0 Å². The van der Waals surface area contributed by atoms with E-state index < -0.39 is 5.91 Å². The molecule has 1 amide bonds. The summed E-state index contributed by atoms with van der Waals surface area (Å²) in [5, 5.41) is 12.8. The van der Waals surface area contributed by atoms with Gasteiger partial charge in [0.15, 0.2) is 0 Å². The molecule has 0 aromatic heterocycles. The fourth-order valence-electron chi connectivity index (χ4n) is 1.63. The Morgan fingerprint density at radius 1 is 1.26 bits per heavy atom. The van der Waals surface area contributed by atoms with Crippen LogP contribution in [0.5, 0.6) is 11.5 Å². The maximum absolute atomic E-state index is 12.0. The Bertz CT molecular complexity index is 613. The van der Waals surface area contributed by atoms with Crippen molar-refractivity contribution < 1.29 is 14.6 Å². The first-order valence-electron chi connectivity index (χ1n) is 5.54. The quantitative estimate of drug-likeness (QED) is 0.905. The minimum atomic E-state index is -0.432. The number of amides is 1. The number of carbonyl (C=O) groups excluding carboxylic acids is 1. The zero-order valence-corrected chi connectivity index (χ0v) is 10.9. The van der Waals surface area contributed by atoms with Crippen LogP contribution in [0.15, 0.2) is 42.5 Å². The van der Waals surface area contributed by atoms with E-state index in [1.807, 2.05) is 0 Å². The van der Waals surface area contributed by atoms with Gasteiger partial charge in [0.2, 0.25) is 0 Å². The first-order chi connectivity index (χ1) is 9.11. The van der Waals surface area contributed by atoms with E-state index in [0.717, 1.165) is 0 Å². The highest BCUT2D eigenvalue weighted by atomic mass is 35.5. The van der Waals surface area contributed by atoms with E-state index in [1.54, 1.807) is 30.3 Å². The lowest BCUT2D eigenvalue weighted by Gasteiger charge is -2.11. The van der Waals surface area contributed by atoms with Crippen molar-refractivity contribution in [2.45, 2.75) is 0 Å². The van der Waals surface area contributed by atoms with Gasteiger partial charge in [0.05, 0.1) is 18.4 Å². The van der Waals surface area contributed by atoms with Gasteiger partial charge in [-0.1, -0.05) is 23.7 Å². The van der Waals surface area contributed by atoms with Crippen molar-refractivity contribution in [1.82, 2.24) is 0 Å². The van der Waals surface area contributed by atoms with E-state index >= 15 is 0 Å². The van der Waals surface area contributed by atoms with Crippen LogP contribution in [0.25, 0.3) is 0 Å². The molecule has 0 saturated heterocycles. The van der Waals surface area contributed by atoms with E-state index in [0.29, 0.717) is 16.5 Å². The summed E-state index contributed by atoms with van der Waals surface area (Å²) in [4.78, 5) is 12.0. The van der Waals surface area contributed by atoms with Crippen LogP contribution in [0.1, 0.15) is 10.4 Å². The third kappa shape index (κ3) is 2.98. The lowest BCUT2D eigenvalue weighted by Crippen LogP contribution is -2.12. The van der Waals surface area contributed by atoms with Gasteiger partial charge in [-0.05, 0) is 30.3 Å². The molecule has 2 N–H and O–H groups in total. The van der Waals surface area contributed by atoms with E-state index in [2.05, 4.69) is 5.32 Å². The predicted molar refractivity (Wildman–Crippen MR) is 74.1 cm³/mol. The molecule has 0 aliphatic rings. The van der Waals surface area contributed by atoms with Gasteiger partial charge in [0.25, 0.3) is 5.91 Å². The Morgan fingerprint density at radius 3 is 2.68 bits per heavy atom. The molecule has 0 aliphatic heterocycles. The number of ether oxygens (including phenoxy) is 1. The molecule has 2 aromatic rings. The summed E-state index contributed by atoms with van der Waals surface area (Å²) in [6.45, 7) is 0. The molecule has 0 aliphatic carbocycles. The van der Waals surface area contributed by atoms with Gasteiger partial charge in [0, 0.05) is 5.02 Å². The number of para-hydroxylation sites is 1. The molecule has 0 unspecified atom stereocenters. The lowest BCUT2D eigenvalue weighted by atomic mass is 10.2. The van der Waals surface area contributed by atoms with Crippen LogP contribution in [0, 0.1) is 0 Å². The maximum atomic E-state index is 12.0. The number of rotatable bonds is 3. The van der Waals surface area contributed by atoms with Crippen LogP contribution < -0.4 is 10.1 Å². The molecule has 0 saturated carbocycles. The smallest absolute Gasteiger partial charge is 0.259 e. The Hall–Kier alpha value is -2.20. The summed E-state index contributed by atoms with van der Waals surface area (Å²) in [5.41, 5.74) is 0.632. The molecular formula is C14H12ClNO3. The molecule has 0 spiro atoms. The van der Waals surface area contributed by atoms with Gasteiger partial charge in [-0.25, -0.2) is 0 Å². The van der Waals surface area contributed by atoms with Crippen LogP contribution in [-0.4, -0.2) is 18.1 Å². The van der Waals surface area contributed by atoms with Crippen molar-refractivity contribution in [3.05, 3.63) is 53.1 Å². The molecule has 5 heteroatoms. The molecule has 2 rings (SSSR count). The second kappa shape index (κ2) is 5.63. The number of anilines is 1. The summed E-state index contributed by atoms with van der Waals surface area (Å²) in [6, 6.07) is 11.2. The number of methoxy groups -OCH3 is 1. The van der Waals surface area contributed by atoms with Crippen molar-refractivity contribution in [1.29, 1.82) is 0 Å². The van der Waals surface area contributed by atoms with Crippen LogP contribution in [0.2, 0.25) is 5.02 Å². The zero-order chi connectivity index (χ0) is 13.8. The predicted octanol–water partition coefficient (Wildman–Crippen LogP) is 3.31. The number of nitrogens with one attached hydrogen (secondary N) is 1. The number of phenols is 1.